The van der Waals surface area contributed by atoms with Crippen LogP contribution in [0.3, 0.4) is 0 Å². The van der Waals surface area contributed by atoms with E-state index in [0.717, 1.165) is 0 Å². The predicted molar refractivity (Wildman–Crippen MR) is 12.1 cm³/mol. The molecule has 4 N–H and O–H groups in total. The molecule has 0 unspecified atom stereocenters. The molecule has 6 heteroatoms. The van der Waals surface area contributed by atoms with E-state index in [9.17, 15) is 0 Å². The van der Waals surface area contributed by atoms with Gasteiger partial charge in [-0.15, -0.1) is 0 Å². The molecule has 6 nitrogen and oxygen atoms in total. The fourth-order valence-corrected chi connectivity index (χ4v) is 0.0136. The van der Waals surface area contributed by atoms with Gasteiger partial charge in [0.2, 0.25) is 0 Å². The molecule has 0 amide bonds. The van der Waals surface area contributed by atoms with Gasteiger partial charge in [-0.05, 0) is 15.1 Å². The standard InChI is InChI=1S/H2O5.H2O/c1-3-5-4-2;/h1-2H;1H2. The summed E-state index contributed by atoms with van der Waals surface area (Å²) >= 11 is 0. The Bertz CT molecular complexity index is 7.51. The molecule has 0 aromatic rings. The minimum atomic E-state index is 0. The van der Waals surface area contributed by atoms with E-state index in [2.05, 4.69) is 15.1 Å². The van der Waals surface area contributed by atoms with Gasteiger partial charge in [0, 0.05) is 0 Å². The summed E-state index contributed by atoms with van der Waals surface area (Å²) in [5.41, 5.74) is 0. The van der Waals surface area contributed by atoms with Gasteiger partial charge in [-0.1, -0.05) is 0 Å². The minimum Gasteiger partial charge on any atom is -0.412 e. The van der Waals surface area contributed by atoms with Crippen LogP contribution in [0, 0.1) is 0 Å². The van der Waals surface area contributed by atoms with E-state index in [1.54, 1.807) is 0 Å². The molecule has 0 radical (unpaired) electrons. The zero-order valence-electron chi connectivity index (χ0n) is 2.62. The SMILES string of the molecule is O.OOOOO. The highest BCUT2D eigenvalue weighted by Gasteiger charge is 1.68. The maximum Gasteiger partial charge on any atom is -0.00537 e. The molecule has 0 aliphatic rings. The summed E-state index contributed by atoms with van der Waals surface area (Å²) in [6.07, 6.45) is 0. The lowest BCUT2D eigenvalue weighted by atomic mass is 14.3. The minimum absolute atomic E-state index is 0. The van der Waals surface area contributed by atoms with E-state index < -0.39 is 0 Å². The zero-order chi connectivity index (χ0) is 4.12. The van der Waals surface area contributed by atoms with Gasteiger partial charge in [-0.2, -0.15) is 0 Å². The summed E-state index contributed by atoms with van der Waals surface area (Å²) in [6.45, 7) is 0. The average molecular weight is 100 g/mol. The quantitative estimate of drug-likeness (QED) is 0.342. The van der Waals surface area contributed by atoms with Crippen molar-refractivity contribution in [3.8, 4) is 0 Å². The third kappa shape index (κ3) is 9.25. The van der Waals surface area contributed by atoms with E-state index in [1.165, 1.54) is 0 Å². The number of rotatable bonds is 2. The van der Waals surface area contributed by atoms with Gasteiger partial charge in [-0.3, -0.25) is 0 Å². The largest absolute Gasteiger partial charge is 0.412 e. The summed E-state index contributed by atoms with van der Waals surface area (Å²) in [6, 6.07) is 0. The first-order valence-electron chi connectivity index (χ1n) is 0.698. The molecule has 0 rings (SSSR count). The van der Waals surface area contributed by atoms with Crippen LogP contribution in [0.15, 0.2) is 0 Å². The second kappa shape index (κ2) is 8.83. The van der Waals surface area contributed by atoms with Gasteiger partial charge in [0.25, 0.3) is 0 Å². The highest BCUT2D eigenvalue weighted by Crippen LogP contribution is 1.63. The molecule has 0 aromatic carbocycles. The van der Waals surface area contributed by atoms with Gasteiger partial charge < -0.3 is 5.48 Å². The first-order valence-corrected chi connectivity index (χ1v) is 0.698. The summed E-state index contributed by atoms with van der Waals surface area (Å²) < 4.78 is 0. The van der Waals surface area contributed by atoms with Crippen molar-refractivity contribution in [3.63, 3.8) is 0 Å². The topological polar surface area (TPSA) is 99.7 Å². The molecule has 40 valence electrons. The molecule has 0 heterocycles. The fourth-order valence-electron chi connectivity index (χ4n) is 0.0136. The summed E-state index contributed by atoms with van der Waals surface area (Å²) in [5.74, 6) is 0. The van der Waals surface area contributed by atoms with E-state index in [4.69, 9.17) is 10.5 Å². The van der Waals surface area contributed by atoms with E-state index >= 15 is 0 Å². The van der Waals surface area contributed by atoms with Gasteiger partial charge in [0.15, 0.2) is 0 Å². The van der Waals surface area contributed by atoms with Crippen LogP contribution >= 0.6 is 0 Å². The molecule has 0 aromatic heterocycles. The van der Waals surface area contributed by atoms with Crippen molar-refractivity contribution in [2.75, 3.05) is 0 Å². The monoisotopic (exact) mass is 100 g/mol. The number of hydrogen-bond acceptors (Lipinski definition) is 5. The van der Waals surface area contributed by atoms with Crippen LogP contribution in [0.5, 0.6) is 0 Å². The van der Waals surface area contributed by atoms with Crippen LogP contribution in [0.25, 0.3) is 0 Å². The molecular weight excluding hydrogens is 96.0 g/mol. The lowest BCUT2D eigenvalue weighted by Gasteiger charge is -1.79. The molecule has 0 saturated carbocycles. The highest BCUT2D eigenvalue weighted by molar-refractivity contribution is 2.78. The average Bonchev–Trinajstić information content (AvgIpc) is 1.41. The van der Waals surface area contributed by atoms with Crippen molar-refractivity contribution < 1.29 is 31.1 Å². The van der Waals surface area contributed by atoms with Crippen molar-refractivity contribution in [2.45, 2.75) is 0 Å². The van der Waals surface area contributed by atoms with Crippen LogP contribution in [0.2, 0.25) is 0 Å². The third-order valence-electron chi connectivity index (χ3n) is 0.0609. The molecular formula is H4O6. The fraction of sp³-hybridized carbons (Fsp3) is 0. The van der Waals surface area contributed by atoms with E-state index in [-0.39, 0.29) is 5.48 Å². The number of hydrogen-bond donors (Lipinski definition) is 2. The Balaban J connectivity index is 0. The first-order chi connectivity index (χ1) is 2.41. The van der Waals surface area contributed by atoms with E-state index in [0.29, 0.717) is 0 Å². The first kappa shape index (κ1) is 9.23. The van der Waals surface area contributed by atoms with Crippen molar-refractivity contribution in [1.29, 1.82) is 0 Å². The zero-order valence-corrected chi connectivity index (χ0v) is 2.62. The van der Waals surface area contributed by atoms with Crippen LogP contribution in [0.1, 0.15) is 0 Å². The van der Waals surface area contributed by atoms with Gasteiger partial charge in [0.1, 0.15) is 0 Å². The smallest absolute Gasteiger partial charge is 0.00537 e. The second-order valence-corrected chi connectivity index (χ2v) is 0.217. The maximum absolute atomic E-state index is 7.06. The Morgan fingerprint density at radius 2 is 1.33 bits per heavy atom. The maximum atomic E-state index is 7.06. The molecule has 0 saturated heterocycles. The molecule has 6 heavy (non-hydrogen) atoms. The molecule has 0 spiro atoms. The Labute approximate surface area is 32.5 Å². The van der Waals surface area contributed by atoms with Crippen LogP contribution in [-0.2, 0) is 15.1 Å². The van der Waals surface area contributed by atoms with Gasteiger partial charge in [-0.25, -0.2) is 10.5 Å². The van der Waals surface area contributed by atoms with Crippen molar-refractivity contribution in [1.82, 2.24) is 0 Å². The summed E-state index contributed by atoms with van der Waals surface area (Å²) in [5, 5.41) is 22.5. The Hall–Kier alpha value is -0.240. The normalized spacial score (nSPS) is 7.00. The highest BCUT2D eigenvalue weighted by atomic mass is 17.7. The molecule has 0 aliphatic heterocycles. The summed E-state index contributed by atoms with van der Waals surface area (Å²) in [7, 11) is 0. The van der Waals surface area contributed by atoms with Gasteiger partial charge >= 0.3 is 0 Å². The van der Waals surface area contributed by atoms with Gasteiger partial charge in [0.05, 0.1) is 0 Å². The van der Waals surface area contributed by atoms with Crippen LogP contribution < -0.4 is 0 Å². The summed E-state index contributed by atoms with van der Waals surface area (Å²) in [4.78, 5) is 0. The van der Waals surface area contributed by atoms with Crippen molar-refractivity contribution in [3.05, 3.63) is 0 Å². The van der Waals surface area contributed by atoms with Crippen LogP contribution in [-0.4, -0.2) is 16.0 Å². The molecule has 0 aliphatic carbocycles. The van der Waals surface area contributed by atoms with Crippen molar-refractivity contribution in [2.24, 2.45) is 0 Å². The Kier molecular flexibility index (Phi) is 13.6. The van der Waals surface area contributed by atoms with Crippen molar-refractivity contribution >= 4 is 0 Å². The Morgan fingerprint density at radius 1 is 1.00 bits per heavy atom. The lowest BCUT2D eigenvalue weighted by Crippen LogP contribution is -1.84. The Morgan fingerprint density at radius 3 is 1.33 bits per heavy atom. The molecule has 0 atom stereocenters. The molecule has 0 bridgehead atoms. The molecule has 0 fully saturated rings. The second-order valence-electron chi connectivity index (χ2n) is 0.217. The lowest BCUT2D eigenvalue weighted by molar-refractivity contribution is -0.695. The predicted octanol–water partition coefficient (Wildman–Crippen LogP) is -1.01. The van der Waals surface area contributed by atoms with E-state index in [1.807, 2.05) is 0 Å². The third-order valence-corrected chi connectivity index (χ3v) is 0.0609. The van der Waals surface area contributed by atoms with Crippen LogP contribution in [0.4, 0.5) is 0 Å².